The molecule has 1 saturated carbocycles. The summed E-state index contributed by atoms with van der Waals surface area (Å²) in [6.45, 7) is 1.91. The van der Waals surface area contributed by atoms with Gasteiger partial charge in [0.05, 0.1) is 12.2 Å². The van der Waals surface area contributed by atoms with Crippen LogP contribution in [-0.2, 0) is 19.6 Å². The Balaban J connectivity index is 1.56. The van der Waals surface area contributed by atoms with E-state index >= 15 is 0 Å². The van der Waals surface area contributed by atoms with Crippen LogP contribution in [0, 0.1) is 0 Å². The second kappa shape index (κ2) is 4.84. The molecule has 1 aromatic heterocycles. The van der Waals surface area contributed by atoms with Crippen LogP contribution in [0.3, 0.4) is 0 Å². The molecule has 3 N–H and O–H groups in total. The largest absolute Gasteiger partial charge is 0.535 e. The zero-order valence-electron chi connectivity index (χ0n) is 12.9. The maximum Gasteiger partial charge on any atom is 0.526 e. The molecule has 1 aromatic carbocycles. The first-order chi connectivity index (χ1) is 11.6. The van der Waals surface area contributed by atoms with Crippen molar-refractivity contribution >= 4 is 13.1 Å². The molecule has 1 aliphatic carbocycles. The fourth-order valence-corrected chi connectivity index (χ4v) is 3.89. The van der Waals surface area contributed by atoms with Gasteiger partial charge in [-0.25, -0.2) is 4.79 Å². The Labute approximate surface area is 138 Å². The molecule has 122 valence electrons. The van der Waals surface area contributed by atoms with Crippen LogP contribution in [0.15, 0.2) is 18.3 Å². The summed E-state index contributed by atoms with van der Waals surface area (Å²) < 4.78 is 7.33. The highest BCUT2D eigenvalue weighted by molar-refractivity contribution is 6.48. The third kappa shape index (κ3) is 2.00. The summed E-state index contributed by atoms with van der Waals surface area (Å²) >= 11 is 0. The van der Waals surface area contributed by atoms with Gasteiger partial charge >= 0.3 is 13.1 Å². The number of carbonyl (C=O) groups is 1. The standard InChI is InChI=1S/C16H16BN3O4/c21-16(22)14-8(6-20-7-9-4-18-5-13(9)19-20)1-2-10-11-3-12(11)17(23)24-15(10)14/h1-2,7,11-12,18,23H,3-6H2,(H,21,22)/t11-,12-/m1/s1. The average Bonchev–Trinajstić information content (AvgIpc) is 3.09. The zero-order chi connectivity index (χ0) is 16.4. The number of nitrogens with zero attached hydrogens (tertiary/aromatic N) is 2. The van der Waals surface area contributed by atoms with Crippen LogP contribution >= 0.6 is 0 Å². The van der Waals surface area contributed by atoms with Gasteiger partial charge in [-0.15, -0.1) is 0 Å². The van der Waals surface area contributed by atoms with E-state index in [0.29, 0.717) is 17.9 Å². The molecule has 0 bridgehead atoms. The van der Waals surface area contributed by atoms with Crippen molar-refractivity contribution < 1.29 is 19.6 Å². The summed E-state index contributed by atoms with van der Waals surface area (Å²) in [6, 6.07) is 3.79. The van der Waals surface area contributed by atoms with E-state index < -0.39 is 13.1 Å². The number of carboxylic acid groups (broad SMARTS) is 1. The third-order valence-corrected chi connectivity index (χ3v) is 5.20. The van der Waals surface area contributed by atoms with Gasteiger partial charge in [0.2, 0.25) is 0 Å². The molecule has 5 rings (SSSR count). The van der Waals surface area contributed by atoms with Crippen LogP contribution in [0.5, 0.6) is 5.75 Å². The monoisotopic (exact) mass is 325 g/mol. The summed E-state index contributed by atoms with van der Waals surface area (Å²) in [5.74, 6) is -0.385. The Hall–Kier alpha value is -2.32. The van der Waals surface area contributed by atoms with Crippen molar-refractivity contribution in [2.24, 2.45) is 0 Å². The van der Waals surface area contributed by atoms with Crippen molar-refractivity contribution in [1.29, 1.82) is 0 Å². The van der Waals surface area contributed by atoms with E-state index in [2.05, 4.69) is 10.4 Å². The normalized spacial score (nSPS) is 23.3. The molecule has 8 heteroatoms. The number of aromatic nitrogens is 2. The Morgan fingerprint density at radius 1 is 1.46 bits per heavy atom. The number of rotatable bonds is 3. The number of benzene rings is 1. The van der Waals surface area contributed by atoms with Crippen molar-refractivity contribution in [3.05, 3.63) is 46.3 Å². The number of carboxylic acids is 1. The fraction of sp³-hybridized carbons (Fsp3) is 0.375. The van der Waals surface area contributed by atoms with Crippen LogP contribution in [0.1, 0.15) is 45.1 Å². The van der Waals surface area contributed by atoms with E-state index in [1.165, 1.54) is 0 Å². The molecule has 0 unspecified atom stereocenters. The molecule has 0 spiro atoms. The molecular weight excluding hydrogens is 309 g/mol. The van der Waals surface area contributed by atoms with Crippen LogP contribution in [-0.4, -0.2) is 33.0 Å². The van der Waals surface area contributed by atoms with Gasteiger partial charge in [-0.2, -0.15) is 5.10 Å². The molecule has 2 atom stereocenters. The first-order valence-electron chi connectivity index (χ1n) is 8.11. The van der Waals surface area contributed by atoms with Gasteiger partial charge in [-0.3, -0.25) is 4.68 Å². The molecule has 2 aromatic rings. The average molecular weight is 325 g/mol. The van der Waals surface area contributed by atoms with E-state index in [-0.39, 0.29) is 17.3 Å². The van der Waals surface area contributed by atoms with Crippen molar-refractivity contribution in [2.75, 3.05) is 0 Å². The number of nitrogens with one attached hydrogen (secondary N) is 1. The van der Waals surface area contributed by atoms with E-state index in [9.17, 15) is 14.9 Å². The molecule has 0 radical (unpaired) electrons. The number of aromatic carboxylic acids is 1. The van der Waals surface area contributed by atoms with Gasteiger partial charge in [-0.1, -0.05) is 12.1 Å². The van der Waals surface area contributed by atoms with Gasteiger partial charge in [-0.05, 0) is 23.5 Å². The van der Waals surface area contributed by atoms with Gasteiger partial charge in [0.1, 0.15) is 11.3 Å². The maximum atomic E-state index is 11.8. The van der Waals surface area contributed by atoms with Crippen molar-refractivity contribution in [1.82, 2.24) is 15.1 Å². The lowest BCUT2D eigenvalue weighted by atomic mass is 9.77. The topological polar surface area (TPSA) is 96.6 Å². The van der Waals surface area contributed by atoms with E-state index in [0.717, 1.165) is 36.3 Å². The highest BCUT2D eigenvalue weighted by Gasteiger charge is 2.54. The molecule has 24 heavy (non-hydrogen) atoms. The molecular formula is C16H16BN3O4. The zero-order valence-corrected chi connectivity index (χ0v) is 12.9. The molecule has 0 amide bonds. The molecule has 7 nitrogen and oxygen atoms in total. The van der Waals surface area contributed by atoms with Gasteiger partial charge in [0.15, 0.2) is 0 Å². The summed E-state index contributed by atoms with van der Waals surface area (Å²) in [6.07, 6.45) is 2.80. The minimum absolute atomic E-state index is 0.103. The lowest BCUT2D eigenvalue weighted by Gasteiger charge is -2.22. The number of fused-ring (bicyclic) bond motifs is 4. The van der Waals surface area contributed by atoms with Crippen LogP contribution in [0.2, 0.25) is 5.82 Å². The fourth-order valence-electron chi connectivity index (χ4n) is 3.89. The first-order valence-corrected chi connectivity index (χ1v) is 8.11. The van der Waals surface area contributed by atoms with Crippen LogP contribution < -0.4 is 9.97 Å². The lowest BCUT2D eigenvalue weighted by molar-refractivity contribution is 0.0693. The third-order valence-electron chi connectivity index (χ3n) is 5.20. The van der Waals surface area contributed by atoms with Crippen molar-refractivity contribution in [2.45, 2.75) is 37.8 Å². The maximum absolute atomic E-state index is 11.8. The highest BCUT2D eigenvalue weighted by Crippen LogP contribution is 2.60. The second-order valence-corrected chi connectivity index (χ2v) is 6.74. The molecule has 2 aliphatic heterocycles. The van der Waals surface area contributed by atoms with Crippen LogP contribution in [0.25, 0.3) is 0 Å². The van der Waals surface area contributed by atoms with E-state index in [1.54, 1.807) is 4.68 Å². The Morgan fingerprint density at radius 3 is 3.12 bits per heavy atom. The summed E-state index contributed by atoms with van der Waals surface area (Å²) in [5.41, 5.74) is 3.85. The quantitative estimate of drug-likeness (QED) is 0.728. The minimum atomic E-state index is -1.03. The predicted molar refractivity (Wildman–Crippen MR) is 85.0 cm³/mol. The second-order valence-electron chi connectivity index (χ2n) is 6.74. The Kier molecular flexibility index (Phi) is 2.84. The Morgan fingerprint density at radius 2 is 2.33 bits per heavy atom. The summed E-state index contributed by atoms with van der Waals surface area (Å²) in [7, 11) is -0.907. The molecule has 1 fully saturated rings. The summed E-state index contributed by atoms with van der Waals surface area (Å²) in [5, 5.41) is 27.4. The van der Waals surface area contributed by atoms with Gasteiger partial charge < -0.3 is 20.1 Å². The molecule has 0 saturated heterocycles. The van der Waals surface area contributed by atoms with Gasteiger partial charge in [0.25, 0.3) is 0 Å². The number of hydrogen-bond donors (Lipinski definition) is 3. The molecule has 3 aliphatic rings. The van der Waals surface area contributed by atoms with Crippen molar-refractivity contribution in [3.8, 4) is 5.75 Å². The summed E-state index contributed by atoms with van der Waals surface area (Å²) in [4.78, 5) is 11.8. The first kappa shape index (κ1) is 14.1. The SMILES string of the molecule is O=C(O)c1c(Cn2cc3c(n2)CNC3)ccc2c1OB(O)[C@@H]1C[C@H]21. The van der Waals surface area contributed by atoms with Gasteiger partial charge in [0, 0.05) is 30.7 Å². The van der Waals surface area contributed by atoms with Crippen molar-refractivity contribution in [3.63, 3.8) is 0 Å². The van der Waals surface area contributed by atoms with Crippen LogP contribution in [0.4, 0.5) is 0 Å². The smallest absolute Gasteiger partial charge is 0.526 e. The molecule has 3 heterocycles. The van der Waals surface area contributed by atoms with E-state index in [1.807, 2.05) is 18.3 Å². The predicted octanol–water partition coefficient (Wildman–Crippen LogP) is 0.963. The minimum Gasteiger partial charge on any atom is -0.535 e. The van der Waals surface area contributed by atoms with E-state index in [4.69, 9.17) is 4.65 Å². The highest BCUT2D eigenvalue weighted by atomic mass is 16.5. The Bertz CT molecular complexity index is 844. The number of hydrogen-bond acceptors (Lipinski definition) is 5. The lowest BCUT2D eigenvalue weighted by Crippen LogP contribution is -2.28.